The van der Waals surface area contributed by atoms with Crippen molar-refractivity contribution in [3.63, 3.8) is 0 Å². The fourth-order valence-corrected chi connectivity index (χ4v) is 5.14. The van der Waals surface area contributed by atoms with E-state index in [1.54, 1.807) is 0 Å². The molecule has 1 aliphatic rings. The Labute approximate surface area is 177 Å². The average molecular weight is 434 g/mol. The smallest absolute Gasteiger partial charge is 0.243 e. The zero-order valence-electron chi connectivity index (χ0n) is 17.1. The zero-order valence-corrected chi connectivity index (χ0v) is 17.9. The zero-order chi connectivity index (χ0) is 21.6. The number of anilines is 1. The number of carbonyl (C=O) groups excluding carboxylic acids is 1. The van der Waals surface area contributed by atoms with Gasteiger partial charge < -0.3 is 10.2 Å². The molecule has 3 rings (SSSR count). The summed E-state index contributed by atoms with van der Waals surface area (Å²) in [6.45, 7) is 1.86. The molecule has 1 heterocycles. The van der Waals surface area contributed by atoms with Gasteiger partial charge in [-0.1, -0.05) is 18.2 Å². The summed E-state index contributed by atoms with van der Waals surface area (Å²) in [6.07, 6.45) is 2.07. The van der Waals surface area contributed by atoms with Crippen molar-refractivity contribution in [3.05, 3.63) is 60.4 Å². The molecule has 1 unspecified atom stereocenters. The molecule has 0 saturated carbocycles. The van der Waals surface area contributed by atoms with Crippen molar-refractivity contribution in [2.24, 2.45) is 5.92 Å². The molecule has 2 aromatic carbocycles. The van der Waals surface area contributed by atoms with Crippen molar-refractivity contribution in [1.82, 2.24) is 9.62 Å². The summed E-state index contributed by atoms with van der Waals surface area (Å²) in [4.78, 5) is 14.7. The monoisotopic (exact) mass is 433 g/mol. The van der Waals surface area contributed by atoms with E-state index in [0.29, 0.717) is 25.9 Å². The highest BCUT2D eigenvalue weighted by Crippen LogP contribution is 2.24. The second kappa shape index (κ2) is 10.0. The van der Waals surface area contributed by atoms with Crippen molar-refractivity contribution < 1.29 is 17.6 Å². The summed E-state index contributed by atoms with van der Waals surface area (Å²) in [5.41, 5.74) is 1.12. The van der Waals surface area contributed by atoms with Crippen molar-refractivity contribution in [2.45, 2.75) is 24.2 Å². The molecule has 1 fully saturated rings. The Morgan fingerprint density at radius 2 is 1.87 bits per heavy atom. The summed E-state index contributed by atoms with van der Waals surface area (Å²) in [5, 5.41) is 2.94. The lowest BCUT2D eigenvalue weighted by molar-refractivity contribution is -0.126. The number of amides is 1. The number of piperidine rings is 1. The first-order valence-electron chi connectivity index (χ1n) is 10.2. The van der Waals surface area contributed by atoms with Gasteiger partial charge >= 0.3 is 0 Å². The molecule has 1 amide bonds. The molecule has 6 nitrogen and oxygen atoms in total. The van der Waals surface area contributed by atoms with E-state index in [4.69, 9.17) is 0 Å². The van der Waals surface area contributed by atoms with Crippen molar-refractivity contribution >= 4 is 21.6 Å². The fourth-order valence-electron chi connectivity index (χ4n) is 3.61. The lowest BCUT2D eigenvalue weighted by Gasteiger charge is -2.31. The number of rotatable bonds is 8. The minimum atomic E-state index is -3.73. The minimum Gasteiger partial charge on any atom is -0.375 e. The van der Waals surface area contributed by atoms with Gasteiger partial charge in [0.2, 0.25) is 15.9 Å². The maximum atomic E-state index is 13.1. The Morgan fingerprint density at radius 3 is 2.57 bits per heavy atom. The molecule has 1 atom stereocenters. The third-order valence-electron chi connectivity index (χ3n) is 5.37. The van der Waals surface area contributed by atoms with Gasteiger partial charge in [0, 0.05) is 38.9 Å². The standard InChI is InChI=1S/C22H28FN3O3S/c1-25(20-8-3-2-4-9-20)15-6-14-24-22(27)18-7-5-16-26(17-18)30(28,29)21-12-10-19(23)11-13-21/h2-4,8-13,18H,5-7,14-17H2,1H3,(H,24,27). The normalized spacial score (nSPS) is 17.5. The molecule has 0 radical (unpaired) electrons. The summed E-state index contributed by atoms with van der Waals surface area (Å²) in [7, 11) is -1.72. The van der Waals surface area contributed by atoms with E-state index < -0.39 is 15.8 Å². The third-order valence-corrected chi connectivity index (χ3v) is 7.25. The van der Waals surface area contributed by atoms with Crippen LogP contribution in [-0.4, -0.2) is 51.9 Å². The molecule has 0 spiro atoms. The Balaban J connectivity index is 1.49. The van der Waals surface area contributed by atoms with E-state index >= 15 is 0 Å². The van der Waals surface area contributed by atoms with Gasteiger partial charge in [0.25, 0.3) is 0 Å². The fraction of sp³-hybridized carbons (Fsp3) is 0.409. The summed E-state index contributed by atoms with van der Waals surface area (Å²) >= 11 is 0. The van der Waals surface area contributed by atoms with E-state index in [-0.39, 0.29) is 23.3 Å². The SMILES string of the molecule is CN(CCCNC(=O)C1CCCN(S(=O)(=O)c2ccc(F)cc2)C1)c1ccccc1. The lowest BCUT2D eigenvalue weighted by atomic mass is 9.99. The number of nitrogens with zero attached hydrogens (tertiary/aromatic N) is 2. The van der Waals surface area contributed by atoms with E-state index in [9.17, 15) is 17.6 Å². The molecule has 162 valence electrons. The van der Waals surface area contributed by atoms with Gasteiger partial charge in [-0.3, -0.25) is 4.79 Å². The second-order valence-corrected chi connectivity index (χ2v) is 9.50. The molecule has 2 aromatic rings. The van der Waals surface area contributed by atoms with Crippen LogP contribution in [0.15, 0.2) is 59.5 Å². The first-order valence-corrected chi connectivity index (χ1v) is 11.6. The number of halogens is 1. The predicted molar refractivity (Wildman–Crippen MR) is 115 cm³/mol. The molecular formula is C22H28FN3O3S. The highest BCUT2D eigenvalue weighted by atomic mass is 32.2. The largest absolute Gasteiger partial charge is 0.375 e. The van der Waals surface area contributed by atoms with Crippen LogP contribution in [0, 0.1) is 11.7 Å². The highest BCUT2D eigenvalue weighted by molar-refractivity contribution is 7.89. The van der Waals surface area contributed by atoms with E-state index in [2.05, 4.69) is 10.2 Å². The van der Waals surface area contributed by atoms with Crippen LogP contribution in [0.1, 0.15) is 19.3 Å². The molecule has 1 saturated heterocycles. The Kier molecular flexibility index (Phi) is 7.44. The molecule has 1 aliphatic heterocycles. The molecular weight excluding hydrogens is 405 g/mol. The summed E-state index contributed by atoms with van der Waals surface area (Å²) in [5.74, 6) is -0.972. The summed E-state index contributed by atoms with van der Waals surface area (Å²) < 4.78 is 40.1. The number of hydrogen-bond acceptors (Lipinski definition) is 4. The quantitative estimate of drug-likeness (QED) is 0.650. The first kappa shape index (κ1) is 22.2. The van der Waals surface area contributed by atoms with Gasteiger partial charge in [-0.05, 0) is 55.7 Å². The number of benzene rings is 2. The first-order chi connectivity index (χ1) is 14.4. The lowest BCUT2D eigenvalue weighted by Crippen LogP contribution is -2.45. The van der Waals surface area contributed by atoms with Gasteiger partial charge in [-0.25, -0.2) is 12.8 Å². The third kappa shape index (κ3) is 5.58. The van der Waals surface area contributed by atoms with Gasteiger partial charge in [0.15, 0.2) is 0 Å². The van der Waals surface area contributed by atoms with Gasteiger partial charge in [-0.15, -0.1) is 0 Å². The van der Waals surface area contributed by atoms with Crippen LogP contribution >= 0.6 is 0 Å². The second-order valence-electron chi connectivity index (χ2n) is 7.56. The molecule has 0 aliphatic carbocycles. The highest BCUT2D eigenvalue weighted by Gasteiger charge is 2.33. The van der Waals surface area contributed by atoms with Crippen molar-refractivity contribution in [3.8, 4) is 0 Å². The van der Waals surface area contributed by atoms with E-state index in [1.165, 1.54) is 16.4 Å². The Morgan fingerprint density at radius 1 is 1.17 bits per heavy atom. The minimum absolute atomic E-state index is 0.0499. The topological polar surface area (TPSA) is 69.7 Å². The van der Waals surface area contributed by atoms with Crippen LogP contribution in [0.3, 0.4) is 0 Å². The van der Waals surface area contributed by atoms with Crippen molar-refractivity contribution in [2.75, 3.05) is 38.1 Å². The maximum absolute atomic E-state index is 13.1. The number of hydrogen-bond donors (Lipinski definition) is 1. The van der Waals surface area contributed by atoms with Crippen LogP contribution < -0.4 is 10.2 Å². The van der Waals surface area contributed by atoms with Gasteiger partial charge in [0.05, 0.1) is 10.8 Å². The number of sulfonamides is 1. The number of carbonyl (C=O) groups is 1. The van der Waals surface area contributed by atoms with Crippen LogP contribution in [0.2, 0.25) is 0 Å². The molecule has 8 heteroatoms. The Hall–Kier alpha value is -2.45. The van der Waals surface area contributed by atoms with Crippen LogP contribution in [0.5, 0.6) is 0 Å². The van der Waals surface area contributed by atoms with Gasteiger partial charge in [0.1, 0.15) is 5.82 Å². The molecule has 1 N–H and O–H groups in total. The molecule has 0 aromatic heterocycles. The van der Waals surface area contributed by atoms with Crippen molar-refractivity contribution in [1.29, 1.82) is 0 Å². The molecule has 30 heavy (non-hydrogen) atoms. The van der Waals surface area contributed by atoms with E-state index in [1.807, 2.05) is 37.4 Å². The maximum Gasteiger partial charge on any atom is 0.243 e. The Bertz CT molecular complexity index is 936. The van der Waals surface area contributed by atoms with E-state index in [0.717, 1.165) is 30.8 Å². The summed E-state index contributed by atoms with van der Waals surface area (Å²) in [6, 6.07) is 14.8. The van der Waals surface area contributed by atoms with Crippen LogP contribution in [0.25, 0.3) is 0 Å². The molecule has 0 bridgehead atoms. The predicted octanol–water partition coefficient (Wildman–Crippen LogP) is 2.87. The van der Waals surface area contributed by atoms with Crippen LogP contribution in [-0.2, 0) is 14.8 Å². The van der Waals surface area contributed by atoms with Gasteiger partial charge in [-0.2, -0.15) is 4.31 Å². The number of para-hydroxylation sites is 1. The number of nitrogens with one attached hydrogen (secondary N) is 1. The van der Waals surface area contributed by atoms with Crippen LogP contribution in [0.4, 0.5) is 10.1 Å². The average Bonchev–Trinajstić information content (AvgIpc) is 2.77.